The van der Waals surface area contributed by atoms with E-state index in [1.165, 1.54) is 13.2 Å². The number of carbonyl (C=O) groups is 1. The minimum absolute atomic E-state index is 0. The van der Waals surface area contributed by atoms with Crippen LogP contribution in [0.25, 0.3) is 6.08 Å². The summed E-state index contributed by atoms with van der Waals surface area (Å²) in [7, 11) is 0. The Morgan fingerprint density at radius 2 is 1.92 bits per heavy atom. The summed E-state index contributed by atoms with van der Waals surface area (Å²) in [6.07, 6.45) is 3.12. The van der Waals surface area contributed by atoms with Crippen molar-refractivity contribution in [2.24, 2.45) is 0 Å². The number of hydrogen-bond acceptors (Lipinski definition) is 2. The molecule has 1 aromatic rings. The van der Waals surface area contributed by atoms with E-state index in [2.05, 4.69) is 4.74 Å². The Balaban J connectivity index is 0.00000144. The summed E-state index contributed by atoms with van der Waals surface area (Å²) < 4.78 is 4.63. The fraction of sp³-hybridized carbons (Fsp3) is 0.100. The molecular formula is C10H10O2Zn. The molecule has 0 aliphatic rings. The van der Waals surface area contributed by atoms with Crippen LogP contribution in [0.3, 0.4) is 0 Å². The van der Waals surface area contributed by atoms with Gasteiger partial charge in [0.05, 0.1) is 6.26 Å². The Morgan fingerprint density at radius 3 is 2.46 bits per heavy atom. The van der Waals surface area contributed by atoms with Crippen LogP contribution >= 0.6 is 0 Å². The summed E-state index contributed by atoms with van der Waals surface area (Å²) in [6, 6.07) is 9.64. The molecule has 2 nitrogen and oxygen atoms in total. The number of esters is 1. The Bertz CT molecular complexity index is 280. The molecule has 0 saturated carbocycles. The Kier molecular flexibility index (Phi) is 6.08. The number of carbonyl (C=O) groups excluding carboxylic acids is 1. The van der Waals surface area contributed by atoms with Crippen LogP contribution in [0.15, 0.2) is 36.6 Å². The van der Waals surface area contributed by atoms with E-state index in [4.69, 9.17) is 0 Å². The average Bonchev–Trinajstić information content (AvgIpc) is 2.05. The second-order valence-electron chi connectivity index (χ2n) is 2.32. The van der Waals surface area contributed by atoms with Crippen molar-refractivity contribution in [2.75, 3.05) is 0 Å². The maximum Gasteiger partial charge on any atom is 0.307 e. The van der Waals surface area contributed by atoms with Crippen molar-refractivity contribution < 1.29 is 29.0 Å². The molecule has 0 amide bonds. The van der Waals surface area contributed by atoms with E-state index in [9.17, 15) is 4.79 Å². The van der Waals surface area contributed by atoms with Gasteiger partial charge in [-0.15, -0.1) is 0 Å². The molecule has 0 fully saturated rings. The number of ether oxygens (including phenoxy) is 1. The topological polar surface area (TPSA) is 26.3 Å². The van der Waals surface area contributed by atoms with Crippen LogP contribution in [0.1, 0.15) is 12.5 Å². The molecule has 0 unspecified atom stereocenters. The zero-order chi connectivity index (χ0) is 8.81. The first-order valence-electron chi connectivity index (χ1n) is 3.68. The van der Waals surface area contributed by atoms with Gasteiger partial charge in [0.25, 0.3) is 0 Å². The third kappa shape index (κ3) is 5.32. The molecule has 1 aromatic carbocycles. The van der Waals surface area contributed by atoms with Gasteiger partial charge in [0, 0.05) is 26.4 Å². The Hall–Kier alpha value is -0.947. The van der Waals surface area contributed by atoms with E-state index in [1.807, 2.05) is 30.3 Å². The van der Waals surface area contributed by atoms with Gasteiger partial charge in [-0.3, -0.25) is 4.79 Å². The summed E-state index contributed by atoms with van der Waals surface area (Å²) in [6.45, 7) is 1.37. The molecule has 0 aromatic heterocycles. The van der Waals surface area contributed by atoms with Gasteiger partial charge < -0.3 is 4.74 Å². The molecule has 0 bridgehead atoms. The molecule has 0 spiro atoms. The standard InChI is InChI=1S/C10H10O2.Zn/c1-9(11)12-8-7-10-5-3-2-4-6-10;/h2-8H,1H3;. The molecule has 0 saturated heterocycles. The first-order chi connectivity index (χ1) is 5.79. The van der Waals surface area contributed by atoms with Gasteiger partial charge >= 0.3 is 5.97 Å². The van der Waals surface area contributed by atoms with Crippen molar-refractivity contribution in [1.82, 2.24) is 0 Å². The van der Waals surface area contributed by atoms with Crippen LogP contribution in [0.4, 0.5) is 0 Å². The Morgan fingerprint density at radius 1 is 1.31 bits per heavy atom. The van der Waals surface area contributed by atoms with Crippen molar-refractivity contribution in [2.45, 2.75) is 6.92 Å². The first-order valence-corrected chi connectivity index (χ1v) is 3.68. The van der Waals surface area contributed by atoms with Gasteiger partial charge in [0.1, 0.15) is 0 Å². The fourth-order valence-electron chi connectivity index (χ4n) is 0.773. The van der Waals surface area contributed by atoms with Crippen LogP contribution in [0.2, 0.25) is 0 Å². The second kappa shape index (κ2) is 6.56. The van der Waals surface area contributed by atoms with Gasteiger partial charge in [-0.1, -0.05) is 30.3 Å². The van der Waals surface area contributed by atoms with E-state index >= 15 is 0 Å². The summed E-state index contributed by atoms with van der Waals surface area (Å²) >= 11 is 0. The SMILES string of the molecule is CC(=O)OC=Cc1ccccc1.[Zn]. The van der Waals surface area contributed by atoms with Gasteiger partial charge in [-0.05, 0) is 11.6 Å². The molecule has 0 radical (unpaired) electrons. The summed E-state index contributed by atoms with van der Waals surface area (Å²) in [5, 5.41) is 0. The molecular weight excluding hydrogens is 217 g/mol. The molecule has 3 heteroatoms. The summed E-state index contributed by atoms with van der Waals surface area (Å²) in [5.74, 6) is -0.304. The molecule has 64 valence electrons. The summed E-state index contributed by atoms with van der Waals surface area (Å²) in [4.78, 5) is 10.4. The summed E-state index contributed by atoms with van der Waals surface area (Å²) in [5.41, 5.74) is 1.01. The molecule has 1 rings (SSSR count). The minimum Gasteiger partial charge on any atom is -0.435 e. The number of hydrogen-bond donors (Lipinski definition) is 0. The molecule has 13 heavy (non-hydrogen) atoms. The van der Waals surface area contributed by atoms with E-state index < -0.39 is 0 Å². The zero-order valence-electron chi connectivity index (χ0n) is 7.57. The molecule has 0 heterocycles. The van der Waals surface area contributed by atoms with Crippen molar-refractivity contribution in [3.05, 3.63) is 42.2 Å². The van der Waals surface area contributed by atoms with Gasteiger partial charge in [-0.2, -0.15) is 0 Å². The molecule has 0 aliphatic heterocycles. The van der Waals surface area contributed by atoms with Crippen molar-refractivity contribution >= 4 is 12.0 Å². The fourth-order valence-corrected chi connectivity index (χ4v) is 0.773. The van der Waals surface area contributed by atoms with E-state index in [-0.39, 0.29) is 25.4 Å². The zero-order valence-corrected chi connectivity index (χ0v) is 10.5. The molecule has 0 atom stereocenters. The monoisotopic (exact) mass is 226 g/mol. The predicted molar refractivity (Wildman–Crippen MR) is 47.2 cm³/mol. The minimum atomic E-state index is -0.304. The number of rotatable bonds is 2. The maximum absolute atomic E-state index is 10.4. The number of benzene rings is 1. The smallest absolute Gasteiger partial charge is 0.307 e. The third-order valence-corrected chi connectivity index (χ3v) is 1.29. The third-order valence-electron chi connectivity index (χ3n) is 1.29. The molecule has 0 aliphatic carbocycles. The van der Waals surface area contributed by atoms with E-state index in [0.717, 1.165) is 5.56 Å². The van der Waals surface area contributed by atoms with Gasteiger partial charge in [0.15, 0.2) is 0 Å². The van der Waals surface area contributed by atoms with Crippen LogP contribution in [-0.4, -0.2) is 5.97 Å². The largest absolute Gasteiger partial charge is 0.435 e. The normalized spacial score (nSPS) is 9.31. The van der Waals surface area contributed by atoms with E-state index in [1.54, 1.807) is 6.08 Å². The van der Waals surface area contributed by atoms with Crippen LogP contribution < -0.4 is 0 Å². The first kappa shape index (κ1) is 12.1. The van der Waals surface area contributed by atoms with Gasteiger partial charge in [0.2, 0.25) is 0 Å². The van der Waals surface area contributed by atoms with Crippen molar-refractivity contribution in [3.8, 4) is 0 Å². The quantitative estimate of drug-likeness (QED) is 0.440. The second-order valence-corrected chi connectivity index (χ2v) is 2.32. The Labute approximate surface area is 90.4 Å². The van der Waals surface area contributed by atoms with Crippen molar-refractivity contribution in [3.63, 3.8) is 0 Å². The van der Waals surface area contributed by atoms with E-state index in [0.29, 0.717) is 0 Å². The molecule has 0 N–H and O–H groups in total. The van der Waals surface area contributed by atoms with Crippen LogP contribution in [-0.2, 0) is 29.0 Å². The predicted octanol–water partition coefficient (Wildman–Crippen LogP) is 2.22. The van der Waals surface area contributed by atoms with Gasteiger partial charge in [-0.25, -0.2) is 0 Å². The average molecular weight is 228 g/mol. The van der Waals surface area contributed by atoms with Crippen molar-refractivity contribution in [1.29, 1.82) is 0 Å². The van der Waals surface area contributed by atoms with Crippen LogP contribution in [0, 0.1) is 0 Å². The van der Waals surface area contributed by atoms with Crippen LogP contribution in [0.5, 0.6) is 0 Å². The maximum atomic E-state index is 10.4.